The highest BCUT2D eigenvalue weighted by molar-refractivity contribution is 7.89. The van der Waals surface area contributed by atoms with Crippen molar-refractivity contribution >= 4 is 27.5 Å². The quantitative estimate of drug-likeness (QED) is 0.631. The lowest BCUT2D eigenvalue weighted by molar-refractivity contribution is -0.116. The third-order valence-electron chi connectivity index (χ3n) is 5.04. The molecule has 0 unspecified atom stereocenters. The van der Waals surface area contributed by atoms with E-state index in [1.165, 1.54) is 4.31 Å². The van der Waals surface area contributed by atoms with Gasteiger partial charge in [0, 0.05) is 25.6 Å². The van der Waals surface area contributed by atoms with Crippen molar-refractivity contribution in [2.24, 2.45) is 0 Å². The number of para-hydroxylation sites is 1. The van der Waals surface area contributed by atoms with E-state index in [9.17, 15) is 18.0 Å². The molecule has 1 fully saturated rings. The van der Waals surface area contributed by atoms with E-state index >= 15 is 0 Å². The summed E-state index contributed by atoms with van der Waals surface area (Å²) in [6.45, 7) is 5.23. The molecular formula is C23H29N3O5S. The maximum absolute atomic E-state index is 12.7. The van der Waals surface area contributed by atoms with Crippen LogP contribution in [0.2, 0.25) is 0 Å². The molecule has 0 radical (unpaired) electrons. The molecule has 1 aliphatic rings. The summed E-state index contributed by atoms with van der Waals surface area (Å²) in [7, 11) is -3.54. The van der Waals surface area contributed by atoms with E-state index in [-0.39, 0.29) is 29.2 Å². The topological polar surface area (TPSA) is 105 Å². The van der Waals surface area contributed by atoms with Crippen molar-refractivity contribution < 1.29 is 22.7 Å². The molecule has 1 aliphatic heterocycles. The van der Waals surface area contributed by atoms with Crippen LogP contribution in [0.1, 0.15) is 36.2 Å². The molecule has 32 heavy (non-hydrogen) atoms. The van der Waals surface area contributed by atoms with E-state index in [2.05, 4.69) is 10.6 Å². The first-order valence-electron chi connectivity index (χ1n) is 10.6. The number of morpholine rings is 1. The predicted molar refractivity (Wildman–Crippen MR) is 122 cm³/mol. The number of hydrogen-bond acceptors (Lipinski definition) is 5. The van der Waals surface area contributed by atoms with Gasteiger partial charge in [-0.15, -0.1) is 0 Å². The fourth-order valence-corrected chi connectivity index (χ4v) is 4.77. The minimum atomic E-state index is -3.54. The Bertz CT molecular complexity index is 1050. The number of sulfonamides is 1. The smallest absolute Gasteiger partial charge is 0.253 e. The van der Waals surface area contributed by atoms with Crippen LogP contribution in [0, 0.1) is 0 Å². The molecule has 2 aromatic rings. The number of nitrogens with one attached hydrogen (secondary N) is 2. The van der Waals surface area contributed by atoms with Crippen molar-refractivity contribution in [1.29, 1.82) is 0 Å². The van der Waals surface area contributed by atoms with Crippen molar-refractivity contribution in [1.82, 2.24) is 9.62 Å². The number of amides is 2. The van der Waals surface area contributed by atoms with E-state index in [0.29, 0.717) is 44.0 Å². The SMILES string of the molecule is CC(C)NC(=O)c1ccccc1NC(=O)CCc1ccc(S(=O)(=O)N2CCOCC2)cc1. The van der Waals surface area contributed by atoms with Gasteiger partial charge < -0.3 is 15.4 Å². The lowest BCUT2D eigenvalue weighted by atomic mass is 10.1. The maximum Gasteiger partial charge on any atom is 0.253 e. The number of rotatable bonds is 8. The largest absolute Gasteiger partial charge is 0.379 e. The number of aryl methyl sites for hydroxylation is 1. The van der Waals surface area contributed by atoms with Crippen LogP contribution in [0.25, 0.3) is 0 Å². The zero-order valence-electron chi connectivity index (χ0n) is 18.3. The van der Waals surface area contributed by atoms with E-state index in [1.54, 1.807) is 48.5 Å². The molecule has 0 aromatic heterocycles. The van der Waals surface area contributed by atoms with Gasteiger partial charge in [-0.1, -0.05) is 24.3 Å². The van der Waals surface area contributed by atoms with Crippen LogP contribution in [0.4, 0.5) is 5.69 Å². The van der Waals surface area contributed by atoms with Crippen molar-refractivity contribution in [3.05, 3.63) is 59.7 Å². The number of benzene rings is 2. The number of carbonyl (C=O) groups is 2. The van der Waals surface area contributed by atoms with Gasteiger partial charge in [0.05, 0.1) is 29.4 Å². The number of hydrogen-bond donors (Lipinski definition) is 2. The second kappa shape index (κ2) is 10.7. The minimum Gasteiger partial charge on any atom is -0.379 e. The highest BCUT2D eigenvalue weighted by Crippen LogP contribution is 2.19. The molecule has 0 aliphatic carbocycles. The lowest BCUT2D eigenvalue weighted by Crippen LogP contribution is -2.40. The first-order chi connectivity index (χ1) is 15.3. The Labute approximate surface area is 189 Å². The van der Waals surface area contributed by atoms with Crippen LogP contribution in [-0.4, -0.2) is 56.9 Å². The summed E-state index contributed by atoms with van der Waals surface area (Å²) in [6, 6.07) is 13.5. The highest BCUT2D eigenvalue weighted by Gasteiger charge is 2.26. The molecule has 3 rings (SSSR count). The van der Waals surface area contributed by atoms with Crippen molar-refractivity contribution in [2.45, 2.75) is 37.6 Å². The van der Waals surface area contributed by atoms with Crippen LogP contribution < -0.4 is 10.6 Å². The monoisotopic (exact) mass is 459 g/mol. The van der Waals surface area contributed by atoms with Gasteiger partial charge in [-0.25, -0.2) is 8.42 Å². The Hall–Kier alpha value is -2.75. The van der Waals surface area contributed by atoms with Gasteiger partial charge in [0.2, 0.25) is 15.9 Å². The number of nitrogens with zero attached hydrogens (tertiary/aromatic N) is 1. The van der Waals surface area contributed by atoms with Crippen LogP contribution in [0.15, 0.2) is 53.4 Å². The molecule has 2 N–H and O–H groups in total. The average molecular weight is 460 g/mol. The van der Waals surface area contributed by atoms with E-state index in [0.717, 1.165) is 5.56 Å². The Morgan fingerprint density at radius 2 is 1.69 bits per heavy atom. The number of carbonyl (C=O) groups excluding carboxylic acids is 2. The van der Waals surface area contributed by atoms with E-state index < -0.39 is 10.0 Å². The molecular weight excluding hydrogens is 430 g/mol. The maximum atomic E-state index is 12.7. The summed E-state index contributed by atoms with van der Waals surface area (Å²) < 4.78 is 32.0. The van der Waals surface area contributed by atoms with Gasteiger partial charge in [0.1, 0.15) is 0 Å². The van der Waals surface area contributed by atoms with Gasteiger partial charge in [-0.05, 0) is 50.1 Å². The molecule has 2 aromatic carbocycles. The summed E-state index contributed by atoms with van der Waals surface area (Å²) in [5.74, 6) is -0.465. The highest BCUT2D eigenvalue weighted by atomic mass is 32.2. The molecule has 1 saturated heterocycles. The molecule has 0 spiro atoms. The first kappa shape index (κ1) is 23.9. The first-order valence-corrected chi connectivity index (χ1v) is 12.1. The molecule has 8 nitrogen and oxygen atoms in total. The molecule has 0 saturated carbocycles. The number of ether oxygens (including phenoxy) is 1. The van der Waals surface area contributed by atoms with Gasteiger partial charge in [0.25, 0.3) is 5.91 Å². The predicted octanol–water partition coefficient (Wildman–Crippen LogP) is 2.42. The third-order valence-corrected chi connectivity index (χ3v) is 6.95. The molecule has 0 bridgehead atoms. The number of anilines is 1. The third kappa shape index (κ3) is 6.15. The Morgan fingerprint density at radius 3 is 2.34 bits per heavy atom. The van der Waals surface area contributed by atoms with Gasteiger partial charge >= 0.3 is 0 Å². The second-order valence-corrected chi connectivity index (χ2v) is 9.82. The summed E-state index contributed by atoms with van der Waals surface area (Å²) in [5, 5.41) is 5.62. The fraction of sp³-hybridized carbons (Fsp3) is 0.391. The Kier molecular flexibility index (Phi) is 8.00. The van der Waals surface area contributed by atoms with Gasteiger partial charge in [-0.2, -0.15) is 4.31 Å². The average Bonchev–Trinajstić information content (AvgIpc) is 2.78. The van der Waals surface area contributed by atoms with Crippen molar-refractivity contribution in [2.75, 3.05) is 31.6 Å². The summed E-state index contributed by atoms with van der Waals surface area (Å²) in [4.78, 5) is 25.0. The summed E-state index contributed by atoms with van der Waals surface area (Å²) in [5.41, 5.74) is 1.72. The normalized spacial score (nSPS) is 14.8. The van der Waals surface area contributed by atoms with Gasteiger partial charge in [-0.3, -0.25) is 9.59 Å². The van der Waals surface area contributed by atoms with Crippen LogP contribution in [0.5, 0.6) is 0 Å². The van der Waals surface area contributed by atoms with Gasteiger partial charge in [0.15, 0.2) is 0 Å². The van der Waals surface area contributed by atoms with Crippen molar-refractivity contribution in [3.8, 4) is 0 Å². The molecule has 2 amide bonds. The van der Waals surface area contributed by atoms with E-state index in [4.69, 9.17) is 4.74 Å². The molecule has 0 atom stereocenters. The fourth-order valence-electron chi connectivity index (χ4n) is 3.36. The standard InChI is InChI=1S/C23H29N3O5S/c1-17(2)24-23(28)20-5-3-4-6-21(20)25-22(27)12-9-18-7-10-19(11-8-18)32(29,30)26-13-15-31-16-14-26/h3-8,10-11,17H,9,12-16H2,1-2H3,(H,24,28)(H,25,27). The lowest BCUT2D eigenvalue weighted by Gasteiger charge is -2.26. The Morgan fingerprint density at radius 1 is 1.03 bits per heavy atom. The molecule has 1 heterocycles. The van der Waals surface area contributed by atoms with Crippen LogP contribution >= 0.6 is 0 Å². The summed E-state index contributed by atoms with van der Waals surface area (Å²) in [6.07, 6.45) is 0.653. The Balaban J connectivity index is 1.58. The zero-order valence-corrected chi connectivity index (χ0v) is 19.2. The molecule has 9 heteroatoms. The zero-order chi connectivity index (χ0) is 23.1. The van der Waals surface area contributed by atoms with Crippen molar-refractivity contribution in [3.63, 3.8) is 0 Å². The van der Waals surface area contributed by atoms with Crippen LogP contribution in [0.3, 0.4) is 0 Å². The van der Waals surface area contributed by atoms with Crippen LogP contribution in [-0.2, 0) is 26.0 Å². The molecule has 172 valence electrons. The van der Waals surface area contributed by atoms with E-state index in [1.807, 2.05) is 13.8 Å². The minimum absolute atomic E-state index is 0.0127. The summed E-state index contributed by atoms with van der Waals surface area (Å²) >= 11 is 0. The second-order valence-electron chi connectivity index (χ2n) is 7.88.